The lowest BCUT2D eigenvalue weighted by Crippen LogP contribution is -2.67. The molecule has 0 radical (unpaired) electrons. The molecule has 0 aromatic heterocycles. The minimum absolute atomic E-state index is 0.0631. The van der Waals surface area contributed by atoms with Gasteiger partial charge in [-0.1, -0.05) is 54.6 Å². The first-order chi connectivity index (χ1) is 14.5. The Kier molecular flexibility index (Phi) is 4.10. The molecule has 30 heavy (non-hydrogen) atoms. The molecule has 0 saturated carbocycles. The van der Waals surface area contributed by atoms with Gasteiger partial charge in [-0.2, -0.15) is 0 Å². The number of para-hydroxylation sites is 1. The van der Waals surface area contributed by atoms with Crippen molar-refractivity contribution in [3.05, 3.63) is 77.9 Å². The average Bonchev–Trinajstić information content (AvgIpc) is 3.14. The monoisotopic (exact) mass is 400 g/mol. The third kappa shape index (κ3) is 2.46. The molecular weight excluding hydrogens is 380 g/mol. The van der Waals surface area contributed by atoms with Gasteiger partial charge in [-0.25, -0.2) is 4.79 Å². The number of carbonyl (C=O) groups is 3. The van der Waals surface area contributed by atoms with Crippen LogP contribution in [0.3, 0.4) is 0 Å². The van der Waals surface area contributed by atoms with E-state index in [-0.39, 0.29) is 31.3 Å². The summed E-state index contributed by atoms with van der Waals surface area (Å²) < 4.78 is 5.74. The van der Waals surface area contributed by atoms with Crippen LogP contribution in [0.2, 0.25) is 0 Å². The standard InChI is InChI=1S/C24H20N2O4/c1-25-22(28)19-11-4-5-12-20(19)26-21(27)13-14-24(25,26)23(29)30-15-17-9-6-8-16-7-2-3-10-18(16)17/h2-12H,13-15H2,1H3/t24-/m1/s1. The van der Waals surface area contributed by atoms with Crippen molar-refractivity contribution in [2.75, 3.05) is 11.9 Å². The number of esters is 1. The maximum Gasteiger partial charge on any atom is 0.354 e. The predicted octanol–water partition coefficient (Wildman–Crippen LogP) is 3.49. The summed E-state index contributed by atoms with van der Waals surface area (Å²) in [6.45, 7) is 0.0631. The van der Waals surface area contributed by atoms with E-state index in [9.17, 15) is 14.4 Å². The van der Waals surface area contributed by atoms with Crippen LogP contribution in [-0.4, -0.2) is 35.4 Å². The summed E-state index contributed by atoms with van der Waals surface area (Å²) in [4.78, 5) is 42.0. The van der Waals surface area contributed by atoms with Crippen molar-refractivity contribution in [2.24, 2.45) is 0 Å². The zero-order valence-electron chi connectivity index (χ0n) is 16.5. The molecule has 2 amide bonds. The van der Waals surface area contributed by atoms with Crippen LogP contribution in [0.25, 0.3) is 10.8 Å². The van der Waals surface area contributed by atoms with Gasteiger partial charge >= 0.3 is 5.97 Å². The minimum atomic E-state index is -1.45. The predicted molar refractivity (Wildman–Crippen MR) is 112 cm³/mol. The van der Waals surface area contributed by atoms with E-state index in [1.807, 2.05) is 42.5 Å². The summed E-state index contributed by atoms with van der Waals surface area (Å²) in [6, 6.07) is 20.6. The van der Waals surface area contributed by atoms with E-state index in [0.29, 0.717) is 11.3 Å². The first-order valence-electron chi connectivity index (χ1n) is 9.88. The number of hydrogen-bond acceptors (Lipinski definition) is 4. The highest BCUT2D eigenvalue weighted by molar-refractivity contribution is 6.15. The maximum atomic E-state index is 13.4. The lowest BCUT2D eigenvalue weighted by Gasteiger charge is -2.46. The highest BCUT2D eigenvalue weighted by Crippen LogP contribution is 2.44. The van der Waals surface area contributed by atoms with Gasteiger partial charge < -0.3 is 9.64 Å². The number of rotatable bonds is 3. The molecular formula is C24H20N2O4. The van der Waals surface area contributed by atoms with Crippen molar-refractivity contribution in [1.82, 2.24) is 4.90 Å². The number of hydrogen-bond donors (Lipinski definition) is 0. The van der Waals surface area contributed by atoms with Crippen LogP contribution >= 0.6 is 0 Å². The molecule has 3 aromatic carbocycles. The Hall–Kier alpha value is -3.67. The second kappa shape index (κ2) is 6.69. The van der Waals surface area contributed by atoms with E-state index in [4.69, 9.17) is 4.74 Å². The van der Waals surface area contributed by atoms with Crippen LogP contribution in [0.4, 0.5) is 5.69 Å². The second-order valence-electron chi connectivity index (χ2n) is 7.64. The second-order valence-corrected chi connectivity index (χ2v) is 7.64. The minimum Gasteiger partial charge on any atom is -0.458 e. The van der Waals surface area contributed by atoms with Gasteiger partial charge in [0.15, 0.2) is 0 Å². The molecule has 3 aromatic rings. The first kappa shape index (κ1) is 18.4. The summed E-state index contributed by atoms with van der Waals surface area (Å²) in [6.07, 6.45) is 0.381. The fourth-order valence-electron chi connectivity index (χ4n) is 4.57. The summed E-state index contributed by atoms with van der Waals surface area (Å²) >= 11 is 0. The van der Waals surface area contributed by atoms with E-state index < -0.39 is 11.6 Å². The molecule has 0 aliphatic carbocycles. The Balaban J connectivity index is 1.51. The van der Waals surface area contributed by atoms with E-state index in [2.05, 4.69) is 0 Å². The molecule has 6 nitrogen and oxygen atoms in total. The molecule has 2 aliphatic rings. The third-order valence-corrected chi connectivity index (χ3v) is 6.11. The van der Waals surface area contributed by atoms with Crippen LogP contribution in [-0.2, 0) is 20.9 Å². The van der Waals surface area contributed by atoms with Gasteiger partial charge in [0.2, 0.25) is 11.6 Å². The zero-order valence-corrected chi connectivity index (χ0v) is 16.5. The lowest BCUT2D eigenvalue weighted by molar-refractivity contribution is -0.157. The number of nitrogens with zero attached hydrogens (tertiary/aromatic N) is 2. The molecule has 0 unspecified atom stereocenters. The summed E-state index contributed by atoms with van der Waals surface area (Å²) in [5, 5.41) is 2.06. The Morgan fingerprint density at radius 2 is 1.73 bits per heavy atom. The van der Waals surface area contributed by atoms with Crippen LogP contribution in [0, 0.1) is 0 Å². The molecule has 1 atom stereocenters. The van der Waals surface area contributed by atoms with E-state index in [0.717, 1.165) is 16.3 Å². The highest BCUT2D eigenvalue weighted by Gasteiger charge is 2.60. The molecule has 6 heteroatoms. The molecule has 0 bridgehead atoms. The van der Waals surface area contributed by atoms with Gasteiger partial charge in [0.1, 0.15) is 6.61 Å². The maximum absolute atomic E-state index is 13.4. The van der Waals surface area contributed by atoms with Crippen molar-refractivity contribution >= 4 is 34.2 Å². The smallest absolute Gasteiger partial charge is 0.354 e. The number of ether oxygens (including phenoxy) is 1. The molecule has 1 saturated heterocycles. The van der Waals surface area contributed by atoms with Gasteiger partial charge in [0.25, 0.3) is 5.91 Å². The van der Waals surface area contributed by atoms with E-state index in [1.165, 1.54) is 9.80 Å². The van der Waals surface area contributed by atoms with Crippen LogP contribution in [0.5, 0.6) is 0 Å². The molecule has 2 aliphatic heterocycles. The van der Waals surface area contributed by atoms with Crippen molar-refractivity contribution in [3.63, 3.8) is 0 Å². The van der Waals surface area contributed by atoms with E-state index in [1.54, 1.807) is 31.3 Å². The largest absolute Gasteiger partial charge is 0.458 e. The van der Waals surface area contributed by atoms with Gasteiger partial charge in [0, 0.05) is 19.9 Å². The quantitative estimate of drug-likeness (QED) is 0.631. The van der Waals surface area contributed by atoms with Gasteiger partial charge in [0.05, 0.1) is 11.3 Å². The topological polar surface area (TPSA) is 66.9 Å². The SMILES string of the molecule is CN1C(=O)c2ccccc2N2C(=O)CC[C@@]12C(=O)OCc1cccc2ccccc12. The van der Waals surface area contributed by atoms with Gasteiger partial charge in [-0.3, -0.25) is 14.5 Å². The zero-order chi connectivity index (χ0) is 20.9. The van der Waals surface area contributed by atoms with E-state index >= 15 is 0 Å². The van der Waals surface area contributed by atoms with Gasteiger partial charge in [-0.15, -0.1) is 0 Å². The molecule has 0 N–H and O–H groups in total. The molecule has 5 rings (SSSR count). The van der Waals surface area contributed by atoms with Crippen molar-refractivity contribution in [2.45, 2.75) is 25.1 Å². The van der Waals surface area contributed by atoms with Crippen LogP contribution < -0.4 is 4.90 Å². The Labute approximate surface area is 173 Å². The number of fused-ring (bicyclic) bond motifs is 4. The molecule has 2 heterocycles. The number of amides is 2. The Bertz CT molecular complexity index is 1200. The summed E-state index contributed by atoms with van der Waals surface area (Å²) in [5.41, 5.74) is 0.296. The molecule has 0 spiro atoms. The normalized spacial score (nSPS) is 20.3. The third-order valence-electron chi connectivity index (χ3n) is 6.11. The van der Waals surface area contributed by atoms with Crippen molar-refractivity contribution in [3.8, 4) is 0 Å². The fraction of sp³-hybridized carbons (Fsp3) is 0.208. The number of benzene rings is 3. The summed E-state index contributed by atoms with van der Waals surface area (Å²) in [7, 11) is 1.56. The molecule has 1 fully saturated rings. The Morgan fingerprint density at radius 1 is 1.00 bits per heavy atom. The highest BCUT2D eigenvalue weighted by atomic mass is 16.5. The Morgan fingerprint density at radius 3 is 2.60 bits per heavy atom. The van der Waals surface area contributed by atoms with Crippen LogP contribution in [0.15, 0.2) is 66.7 Å². The lowest BCUT2D eigenvalue weighted by atomic mass is 9.97. The number of carbonyl (C=O) groups excluding carboxylic acids is 3. The summed E-state index contributed by atoms with van der Waals surface area (Å²) in [5.74, 6) is -1.07. The van der Waals surface area contributed by atoms with Crippen molar-refractivity contribution in [1.29, 1.82) is 0 Å². The van der Waals surface area contributed by atoms with Crippen LogP contribution in [0.1, 0.15) is 28.8 Å². The van der Waals surface area contributed by atoms with Gasteiger partial charge in [-0.05, 0) is 28.5 Å². The number of likely N-dealkylation sites (N-methyl/N-ethyl adjacent to an activating group) is 1. The number of anilines is 1. The van der Waals surface area contributed by atoms with Crippen molar-refractivity contribution < 1.29 is 19.1 Å². The first-order valence-corrected chi connectivity index (χ1v) is 9.88. The molecule has 150 valence electrons. The average molecular weight is 400 g/mol. The fourth-order valence-corrected chi connectivity index (χ4v) is 4.57.